The Kier molecular flexibility index (Phi) is 6.61. The van der Waals surface area contributed by atoms with E-state index in [1.807, 2.05) is 48.5 Å². The summed E-state index contributed by atoms with van der Waals surface area (Å²) in [7, 11) is 1.59. The summed E-state index contributed by atoms with van der Waals surface area (Å²) in [5.74, 6) is 7.07. The molecule has 7 heteroatoms. The average molecular weight is 382 g/mol. The number of benzene rings is 2. The molecule has 0 fully saturated rings. The van der Waals surface area contributed by atoms with Gasteiger partial charge in [0.15, 0.2) is 17.1 Å². The molecule has 0 radical (unpaired) electrons. The van der Waals surface area contributed by atoms with E-state index in [0.29, 0.717) is 22.3 Å². The quantitative estimate of drug-likeness (QED) is 0.500. The third-order valence-corrected chi connectivity index (χ3v) is 4.30. The topological polar surface area (TPSA) is 73.6 Å². The Morgan fingerprint density at radius 1 is 1.15 bits per heavy atom. The molecule has 27 heavy (non-hydrogen) atoms. The number of methoxy groups -OCH3 is 1. The van der Waals surface area contributed by atoms with Crippen LogP contribution in [0.2, 0.25) is 0 Å². The summed E-state index contributed by atoms with van der Waals surface area (Å²) in [6.45, 7) is 0.468. The summed E-state index contributed by atoms with van der Waals surface area (Å²) in [6, 6.07) is 14.8. The third kappa shape index (κ3) is 5.43. The number of hydrogen-bond acceptors (Lipinski definition) is 6. The minimum absolute atomic E-state index is 0.137. The molecule has 1 heterocycles. The van der Waals surface area contributed by atoms with Crippen LogP contribution in [0.5, 0.6) is 11.5 Å². The maximum atomic E-state index is 11.9. The van der Waals surface area contributed by atoms with Crippen molar-refractivity contribution in [1.82, 2.24) is 10.3 Å². The molecule has 3 aromatic rings. The fourth-order valence-corrected chi connectivity index (χ4v) is 2.87. The first-order valence-corrected chi connectivity index (χ1v) is 9.21. The largest absolute Gasteiger partial charge is 0.493 e. The third-order valence-electron chi connectivity index (χ3n) is 3.47. The predicted octanol–water partition coefficient (Wildman–Crippen LogP) is 3.13. The van der Waals surface area contributed by atoms with Crippen molar-refractivity contribution in [2.24, 2.45) is 0 Å². The summed E-state index contributed by atoms with van der Waals surface area (Å²) < 4.78 is 16.3. The highest BCUT2D eigenvalue weighted by atomic mass is 32.2. The number of aromatic nitrogens is 1. The number of amides is 1. The molecule has 0 bridgehead atoms. The molecule has 0 atom stereocenters. The Labute approximate surface area is 161 Å². The van der Waals surface area contributed by atoms with E-state index in [0.717, 1.165) is 5.52 Å². The van der Waals surface area contributed by atoms with Crippen LogP contribution >= 0.6 is 11.8 Å². The van der Waals surface area contributed by atoms with E-state index in [9.17, 15) is 4.79 Å². The second-order valence-corrected chi connectivity index (χ2v) is 6.23. The highest BCUT2D eigenvalue weighted by molar-refractivity contribution is 7.99. The molecule has 3 rings (SSSR count). The zero-order chi connectivity index (χ0) is 18.9. The number of rotatable bonds is 7. The molecule has 0 spiro atoms. The lowest BCUT2D eigenvalue weighted by molar-refractivity contribution is -0.118. The van der Waals surface area contributed by atoms with Gasteiger partial charge in [0.2, 0.25) is 5.91 Å². The van der Waals surface area contributed by atoms with Crippen LogP contribution < -0.4 is 14.8 Å². The molecular weight excluding hydrogens is 364 g/mol. The Bertz CT molecular complexity index is 942. The van der Waals surface area contributed by atoms with E-state index in [-0.39, 0.29) is 24.8 Å². The molecule has 1 aromatic heterocycles. The number of fused-ring (bicyclic) bond motifs is 1. The van der Waals surface area contributed by atoms with Crippen LogP contribution in [-0.2, 0) is 4.79 Å². The molecule has 0 aliphatic carbocycles. The summed E-state index contributed by atoms with van der Waals surface area (Å²) in [5, 5.41) is 3.20. The molecule has 0 unspecified atom stereocenters. The zero-order valence-electron chi connectivity index (χ0n) is 14.7. The highest BCUT2D eigenvalue weighted by Gasteiger charge is 2.08. The van der Waals surface area contributed by atoms with Gasteiger partial charge in [-0.2, -0.15) is 0 Å². The molecule has 0 saturated heterocycles. The Balaban J connectivity index is 1.36. The molecule has 0 saturated carbocycles. The van der Waals surface area contributed by atoms with Gasteiger partial charge < -0.3 is 19.2 Å². The van der Waals surface area contributed by atoms with Crippen molar-refractivity contribution >= 4 is 28.8 Å². The molecule has 1 N–H and O–H groups in total. The van der Waals surface area contributed by atoms with Gasteiger partial charge in [-0.05, 0) is 24.3 Å². The highest BCUT2D eigenvalue weighted by Crippen LogP contribution is 2.25. The summed E-state index contributed by atoms with van der Waals surface area (Å²) in [5.41, 5.74) is 1.49. The van der Waals surface area contributed by atoms with Crippen LogP contribution in [0.1, 0.15) is 0 Å². The van der Waals surface area contributed by atoms with Crippen LogP contribution in [0.25, 0.3) is 11.1 Å². The molecule has 0 aliphatic heterocycles. The van der Waals surface area contributed by atoms with Crippen LogP contribution in [0.3, 0.4) is 0 Å². The minimum atomic E-state index is -0.137. The number of carbonyl (C=O) groups excluding carboxylic acids is 1. The van der Waals surface area contributed by atoms with E-state index in [4.69, 9.17) is 13.9 Å². The first-order valence-electron chi connectivity index (χ1n) is 8.23. The molecule has 0 aliphatic rings. The number of ether oxygens (including phenoxy) is 2. The van der Waals surface area contributed by atoms with Gasteiger partial charge in [-0.1, -0.05) is 47.9 Å². The maximum absolute atomic E-state index is 11.9. The van der Waals surface area contributed by atoms with Crippen molar-refractivity contribution in [3.63, 3.8) is 0 Å². The number of para-hydroxylation sites is 4. The maximum Gasteiger partial charge on any atom is 0.257 e. The van der Waals surface area contributed by atoms with Gasteiger partial charge in [0.05, 0.1) is 19.4 Å². The average Bonchev–Trinajstić information content (AvgIpc) is 3.12. The van der Waals surface area contributed by atoms with Crippen LogP contribution in [0.4, 0.5) is 0 Å². The van der Waals surface area contributed by atoms with Crippen molar-refractivity contribution in [3.05, 3.63) is 48.5 Å². The minimum Gasteiger partial charge on any atom is -0.493 e. The normalized spacial score (nSPS) is 10.1. The van der Waals surface area contributed by atoms with Crippen molar-refractivity contribution in [3.8, 4) is 23.3 Å². The van der Waals surface area contributed by atoms with Crippen molar-refractivity contribution < 1.29 is 18.7 Å². The van der Waals surface area contributed by atoms with Gasteiger partial charge in [-0.15, -0.1) is 0 Å². The van der Waals surface area contributed by atoms with Gasteiger partial charge in [-0.25, -0.2) is 4.98 Å². The fraction of sp³-hybridized carbons (Fsp3) is 0.200. The van der Waals surface area contributed by atoms with Crippen LogP contribution in [-0.4, -0.2) is 36.9 Å². The van der Waals surface area contributed by atoms with Gasteiger partial charge in [0.1, 0.15) is 12.1 Å². The molecule has 2 aromatic carbocycles. The Hall–Kier alpha value is -3.11. The van der Waals surface area contributed by atoms with Gasteiger partial charge in [0.25, 0.3) is 5.22 Å². The van der Waals surface area contributed by atoms with E-state index >= 15 is 0 Å². The second-order valence-electron chi connectivity index (χ2n) is 5.31. The fourth-order valence-electron chi connectivity index (χ4n) is 2.20. The number of carbonyl (C=O) groups is 1. The van der Waals surface area contributed by atoms with E-state index in [1.54, 1.807) is 7.11 Å². The van der Waals surface area contributed by atoms with E-state index < -0.39 is 0 Å². The lowest BCUT2D eigenvalue weighted by atomic mass is 10.3. The molecular formula is C20H18N2O4S. The van der Waals surface area contributed by atoms with E-state index in [1.165, 1.54) is 11.8 Å². The lowest BCUT2D eigenvalue weighted by Crippen LogP contribution is -2.25. The Morgan fingerprint density at radius 2 is 1.93 bits per heavy atom. The summed E-state index contributed by atoms with van der Waals surface area (Å²) in [4.78, 5) is 16.2. The smallest absolute Gasteiger partial charge is 0.257 e. The van der Waals surface area contributed by atoms with Gasteiger partial charge in [-0.3, -0.25) is 4.79 Å². The Morgan fingerprint density at radius 3 is 2.74 bits per heavy atom. The number of nitrogens with one attached hydrogen (secondary N) is 1. The van der Waals surface area contributed by atoms with Gasteiger partial charge >= 0.3 is 0 Å². The van der Waals surface area contributed by atoms with E-state index in [2.05, 4.69) is 22.1 Å². The number of hydrogen-bond donors (Lipinski definition) is 1. The summed E-state index contributed by atoms with van der Waals surface area (Å²) >= 11 is 1.25. The van der Waals surface area contributed by atoms with Crippen LogP contribution in [0.15, 0.2) is 58.2 Å². The van der Waals surface area contributed by atoms with Crippen molar-refractivity contribution in [1.29, 1.82) is 0 Å². The molecule has 138 valence electrons. The van der Waals surface area contributed by atoms with Gasteiger partial charge in [0, 0.05) is 0 Å². The van der Waals surface area contributed by atoms with Crippen LogP contribution in [0, 0.1) is 11.8 Å². The van der Waals surface area contributed by atoms with Crippen molar-refractivity contribution in [2.45, 2.75) is 5.22 Å². The molecule has 6 nitrogen and oxygen atoms in total. The first-order chi connectivity index (χ1) is 13.3. The zero-order valence-corrected chi connectivity index (χ0v) is 15.5. The lowest BCUT2D eigenvalue weighted by Gasteiger charge is -2.07. The second kappa shape index (κ2) is 9.55. The predicted molar refractivity (Wildman–Crippen MR) is 104 cm³/mol. The SMILES string of the molecule is COc1ccccc1OCC#CCNC(=O)CSc1nc2ccccc2o1. The number of oxazole rings is 1. The summed E-state index contributed by atoms with van der Waals surface area (Å²) in [6.07, 6.45) is 0. The number of nitrogens with zero attached hydrogens (tertiary/aromatic N) is 1. The van der Waals surface area contributed by atoms with Crippen molar-refractivity contribution in [2.75, 3.05) is 26.0 Å². The first kappa shape index (κ1) is 18.7. The number of thioether (sulfide) groups is 1. The monoisotopic (exact) mass is 382 g/mol. The standard InChI is InChI=1S/C20H18N2O4S/c1-24-17-10-4-5-11-18(17)25-13-7-6-12-21-19(23)14-27-20-22-15-8-2-3-9-16(15)26-20/h2-5,8-11H,12-14H2,1H3,(H,21,23). The molecule has 1 amide bonds.